The molecule has 4 aromatic carbocycles. The highest BCUT2D eigenvalue weighted by Gasteiger charge is 2.33. The van der Waals surface area contributed by atoms with Gasteiger partial charge < -0.3 is 14.2 Å². The number of nitrogens with zero attached hydrogens (tertiary/aromatic N) is 5. The number of tetrazole rings is 1. The van der Waals surface area contributed by atoms with Gasteiger partial charge in [0.1, 0.15) is 17.2 Å². The summed E-state index contributed by atoms with van der Waals surface area (Å²) in [4.78, 5) is 1.52. The summed E-state index contributed by atoms with van der Waals surface area (Å²) in [5, 5.41) is 13.6. The average molecular weight is 785 g/mol. The molecule has 1 aliphatic carbocycles. The van der Waals surface area contributed by atoms with Crippen LogP contribution in [0.25, 0.3) is 17.0 Å². The van der Waals surface area contributed by atoms with Crippen LogP contribution in [0.4, 0.5) is 0 Å². The number of benzene rings is 4. The number of sulfonamides is 1. The van der Waals surface area contributed by atoms with Gasteiger partial charge in [-0.25, -0.2) is 17.3 Å². The van der Waals surface area contributed by atoms with Gasteiger partial charge in [-0.05, 0) is 116 Å². The molecule has 0 amide bonds. The van der Waals surface area contributed by atoms with Crippen molar-refractivity contribution in [3.63, 3.8) is 0 Å². The Hall–Kier alpha value is -4.89. The van der Waals surface area contributed by atoms with E-state index < -0.39 is 25.8 Å². The topological polar surface area (TPSA) is 138 Å². The Bertz CT molecular complexity index is 2180. The molecule has 1 N–H and O–H groups in total. The maximum absolute atomic E-state index is 15.2. The number of methoxy groups -OCH3 is 3. The van der Waals surface area contributed by atoms with Crippen molar-refractivity contribution in [3.05, 3.63) is 119 Å². The first-order valence-electron chi connectivity index (χ1n) is 18.1. The van der Waals surface area contributed by atoms with Crippen LogP contribution in [0.2, 0.25) is 0 Å². The third-order valence-electron chi connectivity index (χ3n) is 9.36. The van der Waals surface area contributed by atoms with Crippen LogP contribution in [0.15, 0.2) is 102 Å². The van der Waals surface area contributed by atoms with Crippen LogP contribution in [0, 0.1) is 0 Å². The number of aromatic nitrogens is 4. The van der Waals surface area contributed by atoms with E-state index in [2.05, 4.69) is 21.1 Å². The van der Waals surface area contributed by atoms with Crippen LogP contribution >= 0.6 is 0 Å². The van der Waals surface area contributed by atoms with Gasteiger partial charge in [-0.3, -0.25) is 0 Å². The van der Waals surface area contributed by atoms with E-state index in [1.165, 1.54) is 9.10 Å². The van der Waals surface area contributed by atoms with Crippen LogP contribution in [-0.2, 0) is 40.6 Å². The highest BCUT2D eigenvalue weighted by molar-refractivity contribution is 7.89. The number of rotatable bonds is 15. The lowest BCUT2D eigenvalue weighted by atomic mass is 9.88. The Morgan fingerprint density at radius 1 is 0.818 bits per heavy atom. The summed E-state index contributed by atoms with van der Waals surface area (Å²) >= 11 is 0. The molecule has 0 radical (unpaired) electrons. The molecule has 0 fully saturated rings. The fourth-order valence-electron chi connectivity index (χ4n) is 6.34. The van der Waals surface area contributed by atoms with E-state index in [4.69, 9.17) is 19.3 Å². The van der Waals surface area contributed by atoms with Crippen molar-refractivity contribution in [2.24, 2.45) is 0 Å². The van der Waals surface area contributed by atoms with Crippen LogP contribution in [0.5, 0.6) is 17.2 Å². The summed E-state index contributed by atoms with van der Waals surface area (Å²) in [6.45, 7) is 6.29. The number of hydrogen-bond donors (Lipinski definition) is 1. The molecule has 5 aromatic rings. The van der Waals surface area contributed by atoms with Crippen molar-refractivity contribution in [3.8, 4) is 28.6 Å². The lowest BCUT2D eigenvalue weighted by Gasteiger charge is -2.27. The first kappa shape index (κ1) is 39.8. The van der Waals surface area contributed by atoms with Gasteiger partial charge in [-0.1, -0.05) is 54.6 Å². The molecule has 12 nitrogen and oxygen atoms in total. The Morgan fingerprint density at radius 3 is 1.89 bits per heavy atom. The molecule has 0 saturated heterocycles. The molecule has 290 valence electrons. The monoisotopic (exact) mass is 784 g/mol. The molecule has 1 unspecified atom stereocenters. The Morgan fingerprint density at radius 2 is 1.36 bits per heavy atom. The lowest BCUT2D eigenvalue weighted by Crippen LogP contribution is -2.39. The average Bonchev–Trinajstić information content (AvgIpc) is 3.66. The van der Waals surface area contributed by atoms with Crippen molar-refractivity contribution in [1.82, 2.24) is 29.2 Å². The van der Waals surface area contributed by atoms with Crippen LogP contribution < -0.4 is 18.9 Å². The zero-order valence-corrected chi connectivity index (χ0v) is 33.7. The highest BCUT2D eigenvalue weighted by Crippen LogP contribution is 2.39. The SMILES string of the molecule is COc1ccc(CN(Cc2ccc(OC)cc2)S(=O)(=O)c2cccc(C3=CC(N[S@@](=O)C(C)(C)C)CCC3)c2-c2nnn(Cc3ccc(OC)cc3)n2)cc1. The number of ether oxygens (including phenoxy) is 3. The van der Waals surface area contributed by atoms with Gasteiger partial charge in [0.15, 0.2) is 0 Å². The summed E-state index contributed by atoms with van der Waals surface area (Å²) in [6, 6.07) is 27.4. The third-order valence-corrected chi connectivity index (χ3v) is 12.8. The van der Waals surface area contributed by atoms with Gasteiger partial charge in [0.25, 0.3) is 0 Å². The summed E-state index contributed by atoms with van der Waals surface area (Å²) < 4.78 is 63.9. The molecule has 1 aliphatic rings. The molecule has 0 saturated carbocycles. The molecule has 0 bridgehead atoms. The quantitative estimate of drug-likeness (QED) is 0.122. The minimum Gasteiger partial charge on any atom is -0.497 e. The second kappa shape index (κ2) is 17.3. The first-order chi connectivity index (χ1) is 26.4. The maximum atomic E-state index is 15.2. The minimum absolute atomic E-state index is 0.0604. The maximum Gasteiger partial charge on any atom is 0.244 e. The highest BCUT2D eigenvalue weighted by atomic mass is 32.2. The van der Waals surface area contributed by atoms with Gasteiger partial charge in [0.2, 0.25) is 15.8 Å². The smallest absolute Gasteiger partial charge is 0.244 e. The predicted octanol–water partition coefficient (Wildman–Crippen LogP) is 6.79. The molecule has 14 heteroatoms. The zero-order valence-electron chi connectivity index (χ0n) is 32.1. The fraction of sp³-hybridized carbons (Fsp3) is 0.341. The predicted molar refractivity (Wildman–Crippen MR) is 214 cm³/mol. The molecule has 0 spiro atoms. The van der Waals surface area contributed by atoms with Crippen molar-refractivity contribution in [2.75, 3.05) is 21.3 Å². The molecule has 6 rings (SSSR count). The summed E-state index contributed by atoms with van der Waals surface area (Å²) in [6.07, 6.45) is 4.38. The van der Waals surface area contributed by atoms with Crippen LogP contribution in [-0.4, -0.2) is 69.3 Å². The normalized spacial score (nSPS) is 15.4. The second-order valence-corrected chi connectivity index (χ2v) is 18.2. The van der Waals surface area contributed by atoms with E-state index in [1.54, 1.807) is 33.5 Å². The van der Waals surface area contributed by atoms with Crippen molar-refractivity contribution >= 4 is 26.6 Å². The number of allylic oxidation sites excluding steroid dienone is 1. The summed E-state index contributed by atoms with van der Waals surface area (Å²) in [5.41, 5.74) is 4.47. The van der Waals surface area contributed by atoms with E-state index in [-0.39, 0.29) is 29.9 Å². The molecular weight excluding hydrogens is 737 g/mol. The van der Waals surface area contributed by atoms with E-state index >= 15 is 8.42 Å². The first-order valence-corrected chi connectivity index (χ1v) is 20.7. The Balaban J connectivity index is 1.46. The van der Waals surface area contributed by atoms with Gasteiger partial charge in [0.05, 0.1) is 54.1 Å². The second-order valence-electron chi connectivity index (χ2n) is 14.3. The van der Waals surface area contributed by atoms with Gasteiger partial charge in [-0.15, -0.1) is 10.2 Å². The number of hydrogen-bond acceptors (Lipinski definition) is 9. The van der Waals surface area contributed by atoms with E-state index in [0.717, 1.165) is 40.9 Å². The van der Waals surface area contributed by atoms with Crippen molar-refractivity contribution < 1.29 is 26.8 Å². The molecule has 1 heterocycles. The lowest BCUT2D eigenvalue weighted by molar-refractivity contribution is 0.397. The van der Waals surface area contributed by atoms with Crippen molar-refractivity contribution in [1.29, 1.82) is 0 Å². The number of nitrogens with one attached hydrogen (secondary N) is 1. The molecule has 1 aromatic heterocycles. The van der Waals surface area contributed by atoms with E-state index in [1.807, 2.05) is 99.6 Å². The Kier molecular flexibility index (Phi) is 12.5. The molecular formula is C41H48N6O6S2. The van der Waals surface area contributed by atoms with Crippen LogP contribution in [0.1, 0.15) is 62.3 Å². The largest absolute Gasteiger partial charge is 0.497 e. The summed E-state index contributed by atoms with van der Waals surface area (Å²) in [7, 11) is -0.724. The third kappa shape index (κ3) is 9.68. The minimum atomic E-state index is -4.23. The van der Waals surface area contributed by atoms with Crippen molar-refractivity contribution in [2.45, 2.75) is 75.4 Å². The van der Waals surface area contributed by atoms with Gasteiger partial charge in [0, 0.05) is 19.1 Å². The fourth-order valence-corrected chi connectivity index (χ4v) is 8.78. The van der Waals surface area contributed by atoms with Crippen LogP contribution in [0.3, 0.4) is 0 Å². The van der Waals surface area contributed by atoms with Gasteiger partial charge >= 0.3 is 0 Å². The standard InChI is InChI=1S/C41H48N6O6S2/c1-41(2,3)54(48)44-33-10-7-9-32(25-33)37-11-8-12-38(39(37)40-42-45-47(43-40)28-31-17-23-36(53-6)24-18-31)55(49,50)46(26-29-13-19-34(51-4)20-14-29)27-30-15-21-35(52-5)22-16-30/h8,11-25,33,44H,7,9-10,26-28H2,1-6H3/t33?,54-/m0/s1. The Labute approximate surface area is 326 Å². The van der Waals surface area contributed by atoms with Gasteiger partial charge in [-0.2, -0.15) is 9.10 Å². The molecule has 0 aliphatic heterocycles. The molecule has 55 heavy (non-hydrogen) atoms. The van der Waals surface area contributed by atoms with E-state index in [9.17, 15) is 4.21 Å². The molecule has 2 atom stereocenters. The van der Waals surface area contributed by atoms with E-state index in [0.29, 0.717) is 35.6 Å². The zero-order chi connectivity index (χ0) is 39.2. The summed E-state index contributed by atoms with van der Waals surface area (Å²) in [5.74, 6) is 2.26.